The number of rotatable bonds is 1. The predicted molar refractivity (Wildman–Crippen MR) is 45.2 cm³/mol. The van der Waals surface area contributed by atoms with E-state index in [-0.39, 0.29) is 23.1 Å². The first-order valence-electron chi connectivity index (χ1n) is 2.96. The second-order valence-corrected chi connectivity index (χ2v) is 3.64. The Balaban J connectivity index is 0.00000121. The van der Waals surface area contributed by atoms with Gasteiger partial charge in [-0.05, 0) is 13.8 Å². The highest BCUT2D eigenvalue weighted by molar-refractivity contribution is 7.85. The number of halogens is 1. The summed E-state index contributed by atoms with van der Waals surface area (Å²) in [4.78, 5) is -0.157. The highest BCUT2D eigenvalue weighted by Gasteiger charge is 2.16. The van der Waals surface area contributed by atoms with Gasteiger partial charge in [0.15, 0.2) is 0 Å². The maximum Gasteiger partial charge on any atom is 0.298 e. The maximum atomic E-state index is 10.6. The van der Waals surface area contributed by atoms with Crippen LogP contribution in [0.4, 0.5) is 0 Å². The lowest BCUT2D eigenvalue weighted by atomic mass is 10.4. The lowest BCUT2D eigenvalue weighted by Gasteiger charge is -1.89. The molecule has 0 aliphatic rings. The maximum absolute atomic E-state index is 10.6. The van der Waals surface area contributed by atoms with Gasteiger partial charge in [-0.3, -0.25) is 4.55 Å². The molecule has 0 spiro atoms. The van der Waals surface area contributed by atoms with Crippen LogP contribution in [0, 0.1) is 13.8 Å². The average molecular weight is 213 g/mol. The third-order valence-electron chi connectivity index (χ3n) is 1.27. The smallest absolute Gasteiger partial charge is 0.298 e. The van der Waals surface area contributed by atoms with Crippen LogP contribution >= 0.6 is 12.4 Å². The van der Waals surface area contributed by atoms with Crippen molar-refractivity contribution >= 4 is 22.5 Å². The van der Waals surface area contributed by atoms with Gasteiger partial charge in [-0.25, -0.2) is 0 Å². The molecule has 1 heterocycles. The van der Waals surface area contributed by atoms with E-state index >= 15 is 0 Å². The van der Waals surface area contributed by atoms with Gasteiger partial charge in [0.05, 0.1) is 0 Å². The molecule has 0 fully saturated rings. The largest absolute Gasteiger partial charge is 0.465 e. The standard InChI is InChI=1S/C6H8O4S.ClH/c1-4-3-6(5(2)10-4)11(7,8)9;/h3H,1-2H3,(H,7,8,9);1H. The molecule has 0 aliphatic heterocycles. The zero-order chi connectivity index (χ0) is 8.65. The average Bonchev–Trinajstić information content (AvgIpc) is 2.08. The van der Waals surface area contributed by atoms with Gasteiger partial charge in [0.2, 0.25) is 0 Å². The first kappa shape index (κ1) is 11.5. The zero-order valence-corrected chi connectivity index (χ0v) is 8.20. The van der Waals surface area contributed by atoms with Crippen LogP contribution in [0.2, 0.25) is 0 Å². The third-order valence-corrected chi connectivity index (χ3v) is 2.23. The van der Waals surface area contributed by atoms with Crippen molar-refractivity contribution in [2.24, 2.45) is 0 Å². The van der Waals surface area contributed by atoms with E-state index in [0.29, 0.717) is 5.76 Å². The fraction of sp³-hybridized carbons (Fsp3) is 0.333. The van der Waals surface area contributed by atoms with Crippen LogP contribution in [-0.4, -0.2) is 13.0 Å². The zero-order valence-electron chi connectivity index (χ0n) is 6.57. The van der Waals surface area contributed by atoms with E-state index in [1.165, 1.54) is 13.0 Å². The summed E-state index contributed by atoms with van der Waals surface area (Å²) < 4.78 is 34.6. The van der Waals surface area contributed by atoms with Crippen LogP contribution in [-0.2, 0) is 10.1 Å². The van der Waals surface area contributed by atoms with Gasteiger partial charge in [0.25, 0.3) is 10.1 Å². The molecule has 1 rings (SSSR count). The Morgan fingerprint density at radius 3 is 2.08 bits per heavy atom. The molecule has 6 heteroatoms. The van der Waals surface area contributed by atoms with Crippen molar-refractivity contribution in [3.05, 3.63) is 17.6 Å². The molecule has 1 aromatic rings. The molecule has 0 saturated heterocycles. The molecule has 0 aliphatic carbocycles. The van der Waals surface area contributed by atoms with Crippen LogP contribution in [0.1, 0.15) is 11.5 Å². The molecule has 0 aromatic carbocycles. The van der Waals surface area contributed by atoms with Crippen LogP contribution in [0.25, 0.3) is 0 Å². The Hall–Kier alpha value is -0.520. The Morgan fingerprint density at radius 2 is 1.92 bits per heavy atom. The van der Waals surface area contributed by atoms with E-state index in [4.69, 9.17) is 8.97 Å². The third kappa shape index (κ3) is 2.23. The second-order valence-electron chi connectivity index (χ2n) is 2.25. The van der Waals surface area contributed by atoms with Crippen molar-refractivity contribution < 1.29 is 17.4 Å². The Morgan fingerprint density at radius 1 is 1.42 bits per heavy atom. The summed E-state index contributed by atoms with van der Waals surface area (Å²) in [7, 11) is -4.11. The first-order chi connectivity index (χ1) is 4.91. The number of aryl methyl sites for hydroxylation is 2. The van der Waals surface area contributed by atoms with Crippen LogP contribution in [0.5, 0.6) is 0 Å². The number of hydrogen-bond donors (Lipinski definition) is 1. The summed E-state index contributed by atoms with van der Waals surface area (Å²) in [6, 6.07) is 1.28. The van der Waals surface area contributed by atoms with Crippen molar-refractivity contribution in [3.8, 4) is 0 Å². The monoisotopic (exact) mass is 212 g/mol. The van der Waals surface area contributed by atoms with Crippen LogP contribution in [0.3, 0.4) is 0 Å². The molecule has 0 unspecified atom stereocenters. The minimum absolute atomic E-state index is 0. The van der Waals surface area contributed by atoms with Gasteiger partial charge in [-0.15, -0.1) is 12.4 Å². The first-order valence-corrected chi connectivity index (χ1v) is 4.40. The van der Waals surface area contributed by atoms with Gasteiger partial charge >= 0.3 is 0 Å². The van der Waals surface area contributed by atoms with Crippen LogP contribution in [0.15, 0.2) is 15.4 Å². The molecule has 0 radical (unpaired) electrons. The molecule has 70 valence electrons. The molecule has 1 aromatic heterocycles. The summed E-state index contributed by atoms with van der Waals surface area (Å²) in [5.41, 5.74) is 0. The van der Waals surface area contributed by atoms with Gasteiger partial charge in [-0.2, -0.15) is 8.42 Å². The molecular weight excluding hydrogens is 204 g/mol. The summed E-state index contributed by atoms with van der Waals surface area (Å²) in [5.74, 6) is 0.681. The van der Waals surface area contributed by atoms with Crippen molar-refractivity contribution in [3.63, 3.8) is 0 Å². The minimum atomic E-state index is -4.11. The van der Waals surface area contributed by atoms with Crippen LogP contribution < -0.4 is 0 Å². The fourth-order valence-corrected chi connectivity index (χ4v) is 1.58. The van der Waals surface area contributed by atoms with E-state index in [1.807, 2.05) is 0 Å². The highest BCUT2D eigenvalue weighted by atomic mass is 35.5. The van der Waals surface area contributed by atoms with E-state index in [2.05, 4.69) is 0 Å². The van der Waals surface area contributed by atoms with E-state index < -0.39 is 10.1 Å². The summed E-state index contributed by atoms with van der Waals surface area (Å²) in [6.45, 7) is 3.10. The molecule has 0 saturated carbocycles. The Bertz CT molecular complexity index is 365. The summed E-state index contributed by atoms with van der Waals surface area (Å²) >= 11 is 0. The molecular formula is C6H9ClO4S. The van der Waals surface area contributed by atoms with E-state index in [1.54, 1.807) is 6.92 Å². The Labute approximate surface area is 76.7 Å². The number of hydrogen-bond acceptors (Lipinski definition) is 3. The second kappa shape index (κ2) is 3.47. The van der Waals surface area contributed by atoms with Gasteiger partial charge in [0.1, 0.15) is 16.4 Å². The topological polar surface area (TPSA) is 67.5 Å². The molecule has 12 heavy (non-hydrogen) atoms. The molecule has 1 N–H and O–H groups in total. The molecule has 0 amide bonds. The summed E-state index contributed by atoms with van der Waals surface area (Å²) in [6.07, 6.45) is 0. The van der Waals surface area contributed by atoms with E-state index in [0.717, 1.165) is 0 Å². The Kier molecular flexibility index (Phi) is 3.32. The van der Waals surface area contributed by atoms with E-state index in [9.17, 15) is 8.42 Å². The van der Waals surface area contributed by atoms with Crippen molar-refractivity contribution in [1.29, 1.82) is 0 Å². The minimum Gasteiger partial charge on any atom is -0.465 e. The van der Waals surface area contributed by atoms with Crippen molar-refractivity contribution in [2.45, 2.75) is 18.7 Å². The normalized spacial score (nSPS) is 10.9. The number of furan rings is 1. The molecule has 0 atom stereocenters. The predicted octanol–water partition coefficient (Wildman–Crippen LogP) is 1.56. The SMILES string of the molecule is Cc1cc(S(=O)(=O)O)c(C)o1.Cl. The molecule has 0 bridgehead atoms. The van der Waals surface area contributed by atoms with Crippen molar-refractivity contribution in [2.75, 3.05) is 0 Å². The van der Waals surface area contributed by atoms with Crippen molar-refractivity contribution in [1.82, 2.24) is 0 Å². The van der Waals surface area contributed by atoms with Gasteiger partial charge < -0.3 is 4.42 Å². The van der Waals surface area contributed by atoms with Gasteiger partial charge in [0, 0.05) is 6.07 Å². The summed E-state index contributed by atoms with van der Waals surface area (Å²) in [5, 5.41) is 0. The lowest BCUT2D eigenvalue weighted by Crippen LogP contribution is -1.97. The fourth-order valence-electron chi connectivity index (χ4n) is 0.864. The highest BCUT2D eigenvalue weighted by Crippen LogP contribution is 2.18. The van der Waals surface area contributed by atoms with Gasteiger partial charge in [-0.1, -0.05) is 0 Å². The quantitative estimate of drug-likeness (QED) is 0.718. The lowest BCUT2D eigenvalue weighted by molar-refractivity contribution is 0.470. The molecule has 4 nitrogen and oxygen atoms in total.